The average molecular weight is 701 g/mol. The lowest BCUT2D eigenvalue weighted by atomic mass is 10.1. The van der Waals surface area contributed by atoms with E-state index < -0.39 is 53.6 Å². The van der Waals surface area contributed by atoms with Gasteiger partial charge in [-0.05, 0) is 43.3 Å². The summed E-state index contributed by atoms with van der Waals surface area (Å²) in [4.78, 5) is 86.4. The lowest BCUT2D eigenvalue weighted by molar-refractivity contribution is -0.198. The molecule has 264 valence electrons. The van der Waals surface area contributed by atoms with Crippen molar-refractivity contribution in [3.63, 3.8) is 0 Å². The third-order valence-corrected chi connectivity index (χ3v) is 6.35. The molecule has 1 saturated heterocycles. The Hall–Kier alpha value is -5.15. The van der Waals surface area contributed by atoms with E-state index in [0.717, 1.165) is 12.1 Å². The third-order valence-electron chi connectivity index (χ3n) is 6.06. The number of nitrogens with one attached hydrogen (secondary N) is 6. The molecule has 1 atom stereocenters. The van der Waals surface area contributed by atoms with Gasteiger partial charge in [0.1, 0.15) is 11.9 Å². The number of amides is 7. The van der Waals surface area contributed by atoms with Gasteiger partial charge in [-0.25, -0.2) is 18.8 Å². The number of imide groups is 1. The van der Waals surface area contributed by atoms with Crippen LogP contribution in [0, 0.1) is 5.82 Å². The number of nitrogens with zero attached hydrogens (tertiary/aromatic N) is 1. The van der Waals surface area contributed by atoms with E-state index in [2.05, 4.69) is 26.6 Å². The van der Waals surface area contributed by atoms with E-state index in [9.17, 15) is 38.0 Å². The number of carboxylic acid groups (broad SMARTS) is 1. The van der Waals surface area contributed by atoms with E-state index >= 15 is 0 Å². The summed E-state index contributed by atoms with van der Waals surface area (Å²) in [5, 5.41) is 24.1. The molecule has 0 aliphatic carbocycles. The number of ether oxygens (including phenoxy) is 2. The molecule has 0 aromatic heterocycles. The number of hydrogen-bond donors (Lipinski definition) is 8. The number of carbonyl (C=O) groups excluding carboxylic acids is 6. The van der Waals surface area contributed by atoms with Gasteiger partial charge in [-0.15, -0.1) is 5.06 Å². The van der Waals surface area contributed by atoms with Crippen molar-refractivity contribution in [1.29, 1.82) is 0 Å². The van der Waals surface area contributed by atoms with Crippen molar-refractivity contribution < 1.29 is 57.4 Å². The third kappa shape index (κ3) is 15.4. The van der Waals surface area contributed by atoms with Gasteiger partial charge in [0, 0.05) is 31.6 Å². The number of hydroxylamine groups is 2. The second kappa shape index (κ2) is 20.9. The Bertz CT molecular complexity index is 1340. The molecule has 9 N–H and O–H groups in total. The number of benzene rings is 1. The highest BCUT2D eigenvalue weighted by atomic mass is 32.1. The monoisotopic (exact) mass is 700 g/mol. The Morgan fingerprint density at radius 2 is 1.65 bits per heavy atom. The first-order valence-electron chi connectivity index (χ1n) is 14.5. The highest BCUT2D eigenvalue weighted by Crippen LogP contribution is 2.19. The molecule has 1 unspecified atom stereocenters. The van der Waals surface area contributed by atoms with Gasteiger partial charge in [-0.1, -0.05) is 0 Å². The van der Waals surface area contributed by atoms with Gasteiger partial charge in [0.05, 0.1) is 45.1 Å². The number of anilines is 2. The molecule has 0 saturated carbocycles. The Morgan fingerprint density at radius 3 is 2.29 bits per heavy atom. The zero-order valence-electron chi connectivity index (χ0n) is 25.6. The Morgan fingerprint density at radius 1 is 0.958 bits per heavy atom. The van der Waals surface area contributed by atoms with Gasteiger partial charge in [0.2, 0.25) is 11.8 Å². The number of halogens is 1. The quantitative estimate of drug-likeness (QED) is 0.0474. The van der Waals surface area contributed by atoms with E-state index in [0.29, 0.717) is 5.06 Å². The number of rotatable bonds is 20. The van der Waals surface area contributed by atoms with Crippen molar-refractivity contribution in [2.24, 2.45) is 5.73 Å². The standard InChI is InChI=1S/C27H37FN8O11S/c28-17-14-16(3-4-18(17)35-27(43)44)33-24(41)19(2-1-8-30-25(29)42)34-20(37)15-32-26(48)31-9-11-46-13-12-45-10-7-23(40)47-36-21(38)5-6-22(36)39/h3-4,14,19,35H,1-2,5-13,15H2,(H,33,41)(H,34,37)(H,43,44)(H3,29,30,42)(H2,31,32,48). The molecule has 1 fully saturated rings. The minimum atomic E-state index is -1.47. The Kier molecular flexibility index (Phi) is 17.0. The minimum Gasteiger partial charge on any atom is -0.465 e. The molecule has 1 heterocycles. The predicted molar refractivity (Wildman–Crippen MR) is 167 cm³/mol. The summed E-state index contributed by atoms with van der Waals surface area (Å²) in [5.41, 5.74) is 4.74. The molecule has 0 radical (unpaired) electrons. The van der Waals surface area contributed by atoms with Crippen molar-refractivity contribution in [2.45, 2.75) is 38.1 Å². The zero-order chi connectivity index (χ0) is 35.5. The molecule has 19 nitrogen and oxygen atoms in total. The predicted octanol–water partition coefficient (Wildman–Crippen LogP) is -0.718. The summed E-state index contributed by atoms with van der Waals surface area (Å²) < 4.78 is 24.8. The van der Waals surface area contributed by atoms with E-state index in [1.807, 2.05) is 5.32 Å². The summed E-state index contributed by atoms with van der Waals surface area (Å²) in [6, 6.07) is 1.43. The van der Waals surface area contributed by atoms with Crippen LogP contribution < -0.4 is 37.6 Å². The van der Waals surface area contributed by atoms with Crippen LogP contribution in [0.25, 0.3) is 0 Å². The first kappa shape index (κ1) is 39.0. The van der Waals surface area contributed by atoms with Crippen LogP contribution in [0.15, 0.2) is 18.2 Å². The summed E-state index contributed by atoms with van der Waals surface area (Å²) in [7, 11) is 0. The number of thiocarbonyl (C=S) groups is 1. The van der Waals surface area contributed by atoms with Gasteiger partial charge in [0.15, 0.2) is 5.11 Å². The van der Waals surface area contributed by atoms with Gasteiger partial charge >= 0.3 is 18.1 Å². The maximum absolute atomic E-state index is 14.2. The number of primary amides is 1. The van der Waals surface area contributed by atoms with Gasteiger partial charge in [0.25, 0.3) is 11.8 Å². The fraction of sp³-hybridized carbons (Fsp3) is 0.481. The number of carbonyl (C=O) groups is 7. The molecule has 21 heteroatoms. The van der Waals surface area contributed by atoms with Crippen molar-refractivity contribution >= 4 is 70.4 Å². The van der Waals surface area contributed by atoms with Crippen molar-refractivity contribution in [2.75, 3.05) is 56.7 Å². The topological polar surface area (TPSA) is 269 Å². The normalized spacial score (nSPS) is 12.9. The van der Waals surface area contributed by atoms with E-state index in [1.54, 1.807) is 0 Å². The Labute approximate surface area is 278 Å². The highest BCUT2D eigenvalue weighted by Gasteiger charge is 2.32. The van der Waals surface area contributed by atoms with E-state index in [1.165, 1.54) is 6.07 Å². The van der Waals surface area contributed by atoms with Crippen LogP contribution >= 0.6 is 12.2 Å². The van der Waals surface area contributed by atoms with Crippen LogP contribution in [0.5, 0.6) is 0 Å². The molecule has 7 amide bonds. The molecule has 1 aliphatic heterocycles. The first-order valence-corrected chi connectivity index (χ1v) is 14.9. The fourth-order valence-corrected chi connectivity index (χ4v) is 3.99. The highest BCUT2D eigenvalue weighted by molar-refractivity contribution is 7.80. The molecular formula is C27H37FN8O11S. The lowest BCUT2D eigenvalue weighted by Crippen LogP contribution is -2.49. The molecule has 1 aromatic carbocycles. The number of nitrogens with two attached hydrogens (primary N) is 1. The molecular weight excluding hydrogens is 663 g/mol. The SMILES string of the molecule is NC(=O)NCCCC(NC(=O)CNC(=S)NCCOCCOCCC(=O)ON1C(=O)CCC1=O)C(=O)Nc1ccc(NC(=O)O)c(F)c1. The second-order valence-electron chi connectivity index (χ2n) is 9.80. The van der Waals surface area contributed by atoms with Crippen molar-refractivity contribution in [3.05, 3.63) is 24.0 Å². The molecule has 1 aromatic rings. The maximum Gasteiger partial charge on any atom is 0.409 e. The van der Waals surface area contributed by atoms with Crippen LogP contribution in [-0.2, 0) is 38.3 Å². The Balaban J connectivity index is 1.65. The van der Waals surface area contributed by atoms with Crippen LogP contribution in [-0.4, -0.2) is 109 Å². The fourth-order valence-electron chi connectivity index (χ4n) is 3.81. The lowest BCUT2D eigenvalue weighted by Gasteiger charge is -2.19. The van der Waals surface area contributed by atoms with Crippen molar-refractivity contribution in [1.82, 2.24) is 26.3 Å². The summed E-state index contributed by atoms with van der Waals surface area (Å²) in [6.07, 6.45) is -1.28. The first-order chi connectivity index (χ1) is 22.8. The molecule has 2 rings (SSSR count). The second-order valence-corrected chi connectivity index (χ2v) is 10.2. The van der Waals surface area contributed by atoms with E-state index in [-0.39, 0.29) is 94.7 Å². The molecule has 1 aliphatic rings. The summed E-state index contributed by atoms with van der Waals surface area (Å²) in [5.74, 6) is -4.14. The molecule has 48 heavy (non-hydrogen) atoms. The van der Waals surface area contributed by atoms with Crippen LogP contribution in [0.4, 0.5) is 25.4 Å². The molecule has 0 spiro atoms. The maximum atomic E-state index is 14.2. The summed E-state index contributed by atoms with van der Waals surface area (Å²) in [6.45, 7) is 0.651. The average Bonchev–Trinajstić information content (AvgIpc) is 3.33. The number of urea groups is 1. The zero-order valence-corrected chi connectivity index (χ0v) is 26.5. The number of hydrogen-bond acceptors (Lipinski definition) is 11. The molecule has 0 bridgehead atoms. The van der Waals surface area contributed by atoms with E-state index in [4.69, 9.17) is 37.4 Å². The van der Waals surface area contributed by atoms with Crippen LogP contribution in [0.1, 0.15) is 32.1 Å². The van der Waals surface area contributed by atoms with Crippen molar-refractivity contribution in [3.8, 4) is 0 Å². The smallest absolute Gasteiger partial charge is 0.409 e. The largest absolute Gasteiger partial charge is 0.465 e. The minimum absolute atomic E-state index is 0.00251. The summed E-state index contributed by atoms with van der Waals surface area (Å²) >= 11 is 5.13. The van der Waals surface area contributed by atoms with Gasteiger partial charge < -0.3 is 51.7 Å². The van der Waals surface area contributed by atoms with Crippen LogP contribution in [0.2, 0.25) is 0 Å². The van der Waals surface area contributed by atoms with Crippen LogP contribution in [0.3, 0.4) is 0 Å². The van der Waals surface area contributed by atoms with Gasteiger partial charge in [-0.3, -0.25) is 24.5 Å². The van der Waals surface area contributed by atoms with Gasteiger partial charge in [-0.2, -0.15) is 0 Å².